The zero-order chi connectivity index (χ0) is 16.8. The summed E-state index contributed by atoms with van der Waals surface area (Å²) in [5.74, 6) is 0.369. The number of benzene rings is 2. The molecule has 120 valence electrons. The van der Waals surface area contributed by atoms with Gasteiger partial charge >= 0.3 is 0 Å². The average Bonchev–Trinajstić information content (AvgIpc) is 2.56. The maximum absolute atomic E-state index is 12.9. The molecule has 0 spiro atoms. The normalized spacial score (nSPS) is 10.6. The van der Waals surface area contributed by atoms with Gasteiger partial charge in [0.1, 0.15) is 5.82 Å². The highest BCUT2D eigenvalue weighted by atomic mass is 35.5. The van der Waals surface area contributed by atoms with Gasteiger partial charge in [-0.25, -0.2) is 4.39 Å². The Morgan fingerprint density at radius 2 is 1.87 bits per heavy atom. The summed E-state index contributed by atoms with van der Waals surface area (Å²) in [7, 11) is 3.02. The third-order valence-corrected chi connectivity index (χ3v) is 3.39. The van der Waals surface area contributed by atoms with Crippen molar-refractivity contribution in [3.8, 4) is 11.5 Å². The maximum Gasteiger partial charge on any atom is 0.187 e. The van der Waals surface area contributed by atoms with E-state index in [1.807, 2.05) is 0 Å². The van der Waals surface area contributed by atoms with Crippen molar-refractivity contribution in [2.45, 2.75) is 0 Å². The van der Waals surface area contributed by atoms with Crippen LogP contribution in [0.1, 0.15) is 10.4 Å². The van der Waals surface area contributed by atoms with Gasteiger partial charge in [-0.1, -0.05) is 11.6 Å². The molecular formula is C17H15ClFNO3. The predicted molar refractivity (Wildman–Crippen MR) is 88.0 cm³/mol. The Balaban J connectivity index is 2.09. The number of ether oxygens (including phenoxy) is 2. The lowest BCUT2D eigenvalue weighted by Gasteiger charge is -2.08. The van der Waals surface area contributed by atoms with Crippen molar-refractivity contribution in [3.63, 3.8) is 0 Å². The zero-order valence-corrected chi connectivity index (χ0v) is 13.4. The first-order chi connectivity index (χ1) is 11.0. The first kappa shape index (κ1) is 16.8. The maximum atomic E-state index is 12.9. The number of hydrogen-bond acceptors (Lipinski definition) is 4. The molecule has 0 heterocycles. The van der Waals surface area contributed by atoms with Crippen LogP contribution < -0.4 is 14.8 Å². The highest BCUT2D eigenvalue weighted by Gasteiger charge is 2.08. The Bertz CT molecular complexity index is 747. The summed E-state index contributed by atoms with van der Waals surface area (Å²) in [5, 5.41) is 3.07. The van der Waals surface area contributed by atoms with Crippen LogP contribution in [-0.4, -0.2) is 20.0 Å². The van der Waals surface area contributed by atoms with E-state index in [0.717, 1.165) is 0 Å². The van der Waals surface area contributed by atoms with Crippen molar-refractivity contribution >= 4 is 23.1 Å². The number of halogens is 2. The van der Waals surface area contributed by atoms with E-state index >= 15 is 0 Å². The third-order valence-electron chi connectivity index (χ3n) is 3.07. The van der Waals surface area contributed by atoms with Crippen LogP contribution in [-0.2, 0) is 0 Å². The summed E-state index contributed by atoms with van der Waals surface area (Å²) in [6.07, 6.45) is 2.79. The standard InChI is InChI=1S/C17H15ClFNO3/c1-22-16-6-3-11(9-17(16)23-2)15(21)7-8-20-14-5-4-12(19)10-13(14)18/h3-10,20H,1-2H3/b8-7+. The van der Waals surface area contributed by atoms with E-state index in [1.165, 1.54) is 44.7 Å². The molecular weight excluding hydrogens is 321 g/mol. The first-order valence-electron chi connectivity index (χ1n) is 6.69. The summed E-state index contributed by atoms with van der Waals surface area (Å²) in [4.78, 5) is 12.1. The number of carbonyl (C=O) groups is 1. The molecule has 0 aliphatic carbocycles. The second kappa shape index (κ2) is 7.65. The summed E-state index contributed by atoms with van der Waals surface area (Å²) in [5.41, 5.74) is 0.954. The van der Waals surface area contributed by atoms with E-state index in [-0.39, 0.29) is 10.8 Å². The number of allylic oxidation sites excluding steroid dienone is 1. The number of methoxy groups -OCH3 is 2. The summed E-state index contributed by atoms with van der Waals surface area (Å²) in [6, 6.07) is 8.84. The minimum absolute atomic E-state index is 0.225. The average molecular weight is 336 g/mol. The van der Waals surface area contributed by atoms with Crippen LogP contribution >= 0.6 is 11.6 Å². The molecule has 0 unspecified atom stereocenters. The van der Waals surface area contributed by atoms with Crippen molar-refractivity contribution in [3.05, 3.63) is 65.1 Å². The molecule has 6 heteroatoms. The minimum atomic E-state index is -0.425. The van der Waals surface area contributed by atoms with Crippen LogP contribution in [0.25, 0.3) is 0 Å². The van der Waals surface area contributed by atoms with Gasteiger partial charge in [0, 0.05) is 17.8 Å². The molecule has 0 saturated heterocycles. The summed E-state index contributed by atoms with van der Waals surface area (Å²) >= 11 is 5.88. The number of anilines is 1. The molecule has 0 fully saturated rings. The molecule has 0 aliphatic rings. The van der Waals surface area contributed by atoms with Crippen molar-refractivity contribution in [2.24, 2.45) is 0 Å². The van der Waals surface area contributed by atoms with Crippen LogP contribution in [0.15, 0.2) is 48.7 Å². The Morgan fingerprint density at radius 3 is 2.52 bits per heavy atom. The predicted octanol–water partition coefficient (Wildman–Crippen LogP) is 4.30. The SMILES string of the molecule is COc1ccc(C(=O)/C=C/Nc2ccc(F)cc2Cl)cc1OC. The number of hydrogen-bond donors (Lipinski definition) is 1. The highest BCUT2D eigenvalue weighted by molar-refractivity contribution is 6.33. The lowest BCUT2D eigenvalue weighted by Crippen LogP contribution is -1.99. The Labute approximate surface area is 138 Å². The molecule has 0 saturated carbocycles. The van der Waals surface area contributed by atoms with E-state index < -0.39 is 5.82 Å². The van der Waals surface area contributed by atoms with E-state index in [0.29, 0.717) is 22.7 Å². The van der Waals surface area contributed by atoms with Gasteiger partial charge < -0.3 is 14.8 Å². The van der Waals surface area contributed by atoms with Gasteiger partial charge in [0.05, 0.1) is 24.9 Å². The van der Waals surface area contributed by atoms with Gasteiger partial charge in [-0.3, -0.25) is 4.79 Å². The van der Waals surface area contributed by atoms with Gasteiger partial charge in [0.2, 0.25) is 0 Å². The molecule has 0 bridgehead atoms. The molecule has 23 heavy (non-hydrogen) atoms. The molecule has 1 N–H and O–H groups in total. The molecule has 0 aliphatic heterocycles. The van der Waals surface area contributed by atoms with Gasteiger partial charge in [0.25, 0.3) is 0 Å². The van der Waals surface area contributed by atoms with E-state index in [2.05, 4.69) is 5.32 Å². The Kier molecular flexibility index (Phi) is 5.60. The number of ketones is 1. The van der Waals surface area contributed by atoms with E-state index in [4.69, 9.17) is 21.1 Å². The molecule has 4 nitrogen and oxygen atoms in total. The molecule has 2 aromatic rings. The van der Waals surface area contributed by atoms with Gasteiger partial charge in [-0.2, -0.15) is 0 Å². The van der Waals surface area contributed by atoms with Crippen LogP contribution in [0.5, 0.6) is 11.5 Å². The van der Waals surface area contributed by atoms with Crippen LogP contribution in [0, 0.1) is 5.82 Å². The van der Waals surface area contributed by atoms with Crippen LogP contribution in [0.3, 0.4) is 0 Å². The zero-order valence-electron chi connectivity index (χ0n) is 12.6. The van der Waals surface area contributed by atoms with Gasteiger partial charge in [-0.05, 0) is 36.4 Å². The largest absolute Gasteiger partial charge is 0.493 e. The molecule has 0 radical (unpaired) electrons. The molecule has 0 atom stereocenters. The molecule has 0 aromatic heterocycles. The summed E-state index contributed by atoms with van der Waals surface area (Å²) < 4.78 is 23.2. The number of carbonyl (C=O) groups excluding carboxylic acids is 1. The fourth-order valence-electron chi connectivity index (χ4n) is 1.90. The first-order valence-corrected chi connectivity index (χ1v) is 7.07. The second-order valence-electron chi connectivity index (χ2n) is 4.54. The van der Waals surface area contributed by atoms with Crippen molar-refractivity contribution in [1.82, 2.24) is 0 Å². The third kappa shape index (κ3) is 4.23. The number of rotatable bonds is 6. The number of nitrogens with one attached hydrogen (secondary N) is 1. The monoisotopic (exact) mass is 335 g/mol. The molecule has 0 amide bonds. The topological polar surface area (TPSA) is 47.6 Å². The van der Waals surface area contributed by atoms with Crippen molar-refractivity contribution < 1.29 is 18.7 Å². The Morgan fingerprint density at radius 1 is 1.13 bits per heavy atom. The lowest BCUT2D eigenvalue weighted by molar-refractivity contribution is 0.104. The molecule has 2 aromatic carbocycles. The van der Waals surface area contributed by atoms with E-state index in [9.17, 15) is 9.18 Å². The fourth-order valence-corrected chi connectivity index (χ4v) is 2.12. The van der Waals surface area contributed by atoms with E-state index in [1.54, 1.807) is 18.2 Å². The smallest absolute Gasteiger partial charge is 0.187 e. The molecule has 2 rings (SSSR count). The van der Waals surface area contributed by atoms with Crippen LogP contribution in [0.2, 0.25) is 5.02 Å². The lowest BCUT2D eigenvalue weighted by atomic mass is 10.1. The highest BCUT2D eigenvalue weighted by Crippen LogP contribution is 2.28. The minimum Gasteiger partial charge on any atom is -0.493 e. The second-order valence-corrected chi connectivity index (χ2v) is 4.94. The summed E-state index contributed by atoms with van der Waals surface area (Å²) in [6.45, 7) is 0. The van der Waals surface area contributed by atoms with Crippen LogP contribution in [0.4, 0.5) is 10.1 Å². The van der Waals surface area contributed by atoms with Gasteiger partial charge in [-0.15, -0.1) is 0 Å². The fraction of sp³-hybridized carbons (Fsp3) is 0.118. The quantitative estimate of drug-likeness (QED) is 0.631. The van der Waals surface area contributed by atoms with Crippen molar-refractivity contribution in [1.29, 1.82) is 0 Å². The Hall–Kier alpha value is -2.53. The van der Waals surface area contributed by atoms with Crippen molar-refractivity contribution in [2.75, 3.05) is 19.5 Å². The van der Waals surface area contributed by atoms with Gasteiger partial charge in [0.15, 0.2) is 17.3 Å².